The summed E-state index contributed by atoms with van der Waals surface area (Å²) in [6, 6.07) is 2.82. The predicted octanol–water partition coefficient (Wildman–Crippen LogP) is 4.68. The van der Waals surface area contributed by atoms with Crippen molar-refractivity contribution < 1.29 is 10.2 Å². The van der Waals surface area contributed by atoms with Crippen LogP contribution >= 0.6 is 0 Å². The minimum atomic E-state index is -0.217. The average Bonchev–Trinajstić information content (AvgIpc) is 2.60. The highest BCUT2D eigenvalue weighted by Crippen LogP contribution is 2.32. The Morgan fingerprint density at radius 3 is 2.50 bits per heavy atom. The van der Waals surface area contributed by atoms with E-state index in [1.54, 1.807) is 12.2 Å². The molecule has 0 aliphatic rings. The van der Waals surface area contributed by atoms with E-state index in [9.17, 15) is 10.2 Å². The van der Waals surface area contributed by atoms with E-state index in [0.29, 0.717) is 16.7 Å². The SMILES string of the molecule is C=C\C=C/C(=C\C=C/C)Nc1ncnc2cc(O)c(O)cc12.CC. The molecule has 0 radical (unpaired) electrons. The second-order valence-corrected chi connectivity index (χ2v) is 4.45. The molecular weight excluding hydrogens is 302 g/mol. The number of hydrogen-bond donors (Lipinski definition) is 3. The summed E-state index contributed by atoms with van der Waals surface area (Å²) in [5.41, 5.74) is 1.33. The van der Waals surface area contributed by atoms with Crippen LogP contribution in [0.2, 0.25) is 0 Å². The highest BCUT2D eigenvalue weighted by molar-refractivity contribution is 5.92. The van der Waals surface area contributed by atoms with Crippen molar-refractivity contribution in [2.45, 2.75) is 20.8 Å². The summed E-state index contributed by atoms with van der Waals surface area (Å²) in [7, 11) is 0. The average molecular weight is 325 g/mol. The molecule has 0 aliphatic carbocycles. The van der Waals surface area contributed by atoms with E-state index >= 15 is 0 Å². The third-order valence-electron chi connectivity index (χ3n) is 2.87. The van der Waals surface area contributed by atoms with Crippen LogP contribution in [0.25, 0.3) is 10.9 Å². The molecule has 5 heteroatoms. The second kappa shape index (κ2) is 9.84. The number of hydrogen-bond acceptors (Lipinski definition) is 5. The Hall–Kier alpha value is -3.08. The van der Waals surface area contributed by atoms with Gasteiger partial charge >= 0.3 is 0 Å². The van der Waals surface area contributed by atoms with Crippen LogP contribution in [0.3, 0.4) is 0 Å². The van der Waals surface area contributed by atoms with Gasteiger partial charge < -0.3 is 15.5 Å². The van der Waals surface area contributed by atoms with Crippen molar-refractivity contribution in [3.05, 3.63) is 67.2 Å². The summed E-state index contributed by atoms with van der Waals surface area (Å²) in [5, 5.41) is 23.0. The molecule has 1 aromatic carbocycles. The molecule has 0 unspecified atom stereocenters. The van der Waals surface area contributed by atoms with Gasteiger partial charge in [0.2, 0.25) is 0 Å². The Kier molecular flexibility index (Phi) is 7.78. The summed E-state index contributed by atoms with van der Waals surface area (Å²) >= 11 is 0. The maximum atomic E-state index is 9.67. The van der Waals surface area contributed by atoms with Crippen LogP contribution in [0.4, 0.5) is 5.82 Å². The largest absolute Gasteiger partial charge is 0.504 e. The van der Waals surface area contributed by atoms with Crippen LogP contribution in [0.5, 0.6) is 11.5 Å². The zero-order valence-electron chi connectivity index (χ0n) is 14.2. The second-order valence-electron chi connectivity index (χ2n) is 4.45. The summed E-state index contributed by atoms with van der Waals surface area (Å²) in [4.78, 5) is 8.28. The molecule has 2 aromatic rings. The lowest BCUT2D eigenvalue weighted by Crippen LogP contribution is -2.00. The number of fused-ring (bicyclic) bond motifs is 1. The Bertz CT molecular complexity index is 778. The molecule has 0 atom stereocenters. The zero-order valence-corrected chi connectivity index (χ0v) is 14.2. The molecule has 0 fully saturated rings. The topological polar surface area (TPSA) is 78.3 Å². The van der Waals surface area contributed by atoms with Crippen LogP contribution in [0, 0.1) is 0 Å². The summed E-state index contributed by atoms with van der Waals surface area (Å²) in [6.45, 7) is 9.57. The molecule has 126 valence electrons. The van der Waals surface area contributed by atoms with E-state index in [4.69, 9.17) is 0 Å². The van der Waals surface area contributed by atoms with Gasteiger partial charge in [-0.2, -0.15) is 0 Å². The first-order chi connectivity index (χ1) is 11.7. The van der Waals surface area contributed by atoms with Gasteiger partial charge in [0.05, 0.1) is 5.52 Å². The van der Waals surface area contributed by atoms with Crippen molar-refractivity contribution in [2.75, 3.05) is 5.32 Å². The number of anilines is 1. The number of nitrogens with zero attached hydrogens (tertiary/aromatic N) is 2. The van der Waals surface area contributed by atoms with Crippen LogP contribution < -0.4 is 5.32 Å². The number of aromatic nitrogens is 2. The van der Waals surface area contributed by atoms with E-state index in [-0.39, 0.29) is 11.5 Å². The molecule has 0 saturated heterocycles. The highest BCUT2D eigenvalue weighted by atomic mass is 16.3. The quantitative estimate of drug-likeness (QED) is 0.549. The fourth-order valence-corrected chi connectivity index (χ4v) is 1.83. The number of rotatable bonds is 5. The molecule has 1 heterocycles. The number of allylic oxidation sites excluding steroid dienone is 6. The summed E-state index contributed by atoms with van der Waals surface area (Å²) in [5.74, 6) is 0.101. The number of phenols is 2. The molecule has 24 heavy (non-hydrogen) atoms. The number of phenolic OH excluding ortho intramolecular Hbond substituents is 2. The minimum Gasteiger partial charge on any atom is -0.504 e. The van der Waals surface area contributed by atoms with E-state index in [0.717, 1.165) is 5.70 Å². The maximum Gasteiger partial charge on any atom is 0.159 e. The van der Waals surface area contributed by atoms with Gasteiger partial charge in [-0.15, -0.1) is 0 Å². The van der Waals surface area contributed by atoms with Crippen molar-refractivity contribution in [1.29, 1.82) is 0 Å². The van der Waals surface area contributed by atoms with Crippen molar-refractivity contribution in [3.63, 3.8) is 0 Å². The summed E-state index contributed by atoms with van der Waals surface area (Å²) in [6.07, 6.45) is 12.4. The fraction of sp³-hybridized carbons (Fsp3) is 0.158. The van der Waals surface area contributed by atoms with Gasteiger partial charge in [0, 0.05) is 17.1 Å². The van der Waals surface area contributed by atoms with Crippen LogP contribution in [-0.4, -0.2) is 20.2 Å². The third-order valence-corrected chi connectivity index (χ3v) is 2.87. The van der Waals surface area contributed by atoms with E-state index in [1.807, 2.05) is 45.1 Å². The van der Waals surface area contributed by atoms with Gasteiger partial charge in [-0.05, 0) is 25.1 Å². The van der Waals surface area contributed by atoms with Crippen LogP contribution in [0.15, 0.2) is 67.2 Å². The van der Waals surface area contributed by atoms with Gasteiger partial charge in [0.25, 0.3) is 0 Å². The number of aromatic hydroxyl groups is 2. The van der Waals surface area contributed by atoms with E-state index < -0.39 is 0 Å². The van der Waals surface area contributed by atoms with Crippen molar-refractivity contribution >= 4 is 16.7 Å². The van der Waals surface area contributed by atoms with Gasteiger partial charge in [-0.1, -0.05) is 44.7 Å². The predicted molar refractivity (Wildman–Crippen MR) is 100 cm³/mol. The standard InChI is InChI=1S/C17H17N3O2.C2H6/c1-3-5-7-12(8-6-4-2)20-17-13-9-15(21)16(22)10-14(13)18-11-19-17;1-2/h3-11,21-22H,1H2,2H3,(H,18,19,20);1-2H3/b6-4-,7-5-,12-8+;. The summed E-state index contributed by atoms with van der Waals surface area (Å²) < 4.78 is 0. The molecule has 5 nitrogen and oxygen atoms in total. The molecule has 2 rings (SSSR count). The molecular formula is C19H23N3O2. The van der Waals surface area contributed by atoms with Crippen molar-refractivity contribution in [1.82, 2.24) is 9.97 Å². The fourth-order valence-electron chi connectivity index (χ4n) is 1.83. The lowest BCUT2D eigenvalue weighted by molar-refractivity contribution is 0.405. The normalized spacial score (nSPS) is 11.5. The number of benzene rings is 1. The molecule has 0 saturated carbocycles. The molecule has 0 spiro atoms. The third kappa shape index (κ3) is 4.98. The first kappa shape index (κ1) is 19.0. The Morgan fingerprint density at radius 1 is 1.12 bits per heavy atom. The zero-order chi connectivity index (χ0) is 17.9. The highest BCUT2D eigenvalue weighted by Gasteiger charge is 2.08. The van der Waals surface area contributed by atoms with Gasteiger partial charge in [-0.25, -0.2) is 9.97 Å². The van der Waals surface area contributed by atoms with E-state index in [1.165, 1.54) is 18.5 Å². The smallest absolute Gasteiger partial charge is 0.159 e. The Balaban J connectivity index is 0.00000139. The van der Waals surface area contributed by atoms with E-state index in [2.05, 4.69) is 21.9 Å². The Labute approximate surface area is 142 Å². The van der Waals surface area contributed by atoms with Gasteiger partial charge in [0.15, 0.2) is 11.5 Å². The first-order valence-electron chi connectivity index (χ1n) is 7.71. The van der Waals surface area contributed by atoms with Gasteiger partial charge in [-0.3, -0.25) is 0 Å². The van der Waals surface area contributed by atoms with Crippen molar-refractivity contribution in [3.8, 4) is 11.5 Å². The molecule has 1 aromatic heterocycles. The van der Waals surface area contributed by atoms with Gasteiger partial charge in [0.1, 0.15) is 12.1 Å². The maximum absolute atomic E-state index is 9.67. The minimum absolute atomic E-state index is 0.214. The van der Waals surface area contributed by atoms with Crippen LogP contribution in [0.1, 0.15) is 20.8 Å². The monoisotopic (exact) mass is 325 g/mol. The lowest BCUT2D eigenvalue weighted by atomic mass is 10.2. The van der Waals surface area contributed by atoms with Crippen molar-refractivity contribution in [2.24, 2.45) is 0 Å². The molecule has 0 bridgehead atoms. The Morgan fingerprint density at radius 2 is 1.83 bits per heavy atom. The molecule has 0 aliphatic heterocycles. The lowest BCUT2D eigenvalue weighted by Gasteiger charge is -2.09. The molecule has 3 N–H and O–H groups in total. The first-order valence-corrected chi connectivity index (χ1v) is 7.71. The van der Waals surface area contributed by atoms with Crippen LogP contribution in [-0.2, 0) is 0 Å². The number of nitrogens with one attached hydrogen (secondary N) is 1. The molecule has 0 amide bonds.